The van der Waals surface area contributed by atoms with Crippen LogP contribution >= 0.6 is 50.5 Å². The van der Waals surface area contributed by atoms with Crippen molar-refractivity contribution in [1.82, 2.24) is 4.72 Å². The van der Waals surface area contributed by atoms with Gasteiger partial charge in [-0.05, 0) is 58.6 Å². The van der Waals surface area contributed by atoms with E-state index in [9.17, 15) is 13.2 Å². The summed E-state index contributed by atoms with van der Waals surface area (Å²) < 4.78 is 27.5. The van der Waals surface area contributed by atoms with Crippen molar-refractivity contribution in [2.45, 2.75) is 22.5 Å². The maximum Gasteiger partial charge on any atom is 0.273 e. The third-order valence-electron chi connectivity index (χ3n) is 3.67. The van der Waals surface area contributed by atoms with Crippen LogP contribution in [0.25, 0.3) is 0 Å². The van der Waals surface area contributed by atoms with E-state index in [-0.39, 0.29) is 4.21 Å². The number of thiophene rings is 1. The fraction of sp³-hybridized carbons (Fsp3) is 0.214. The Balaban J connectivity index is 1.88. The summed E-state index contributed by atoms with van der Waals surface area (Å²) >= 11 is 16.3. The van der Waals surface area contributed by atoms with Crippen LogP contribution in [0, 0.1) is 0 Å². The molecule has 0 radical (unpaired) electrons. The zero-order valence-electron chi connectivity index (χ0n) is 11.5. The van der Waals surface area contributed by atoms with Gasteiger partial charge in [0.05, 0.1) is 9.20 Å². The Morgan fingerprint density at radius 1 is 1.22 bits per heavy atom. The average molecular weight is 455 g/mol. The maximum atomic E-state index is 12.6. The molecule has 0 saturated heterocycles. The Labute approximate surface area is 156 Å². The number of benzene rings is 1. The molecule has 1 aliphatic rings. The van der Waals surface area contributed by atoms with Crippen molar-refractivity contribution < 1.29 is 13.2 Å². The number of sulfonamides is 1. The third kappa shape index (κ3) is 3.30. The molecule has 1 saturated carbocycles. The van der Waals surface area contributed by atoms with Crippen molar-refractivity contribution in [3.63, 3.8) is 0 Å². The molecule has 9 heteroatoms. The topological polar surface area (TPSA) is 63.2 Å². The minimum Gasteiger partial charge on any atom is -0.273 e. The van der Waals surface area contributed by atoms with Crippen LogP contribution in [0.2, 0.25) is 10.0 Å². The molecule has 0 bridgehead atoms. The molecule has 0 atom stereocenters. The SMILES string of the molecule is O=C(NS(=O)(=O)c1ccc(Br)s1)C1(c2ccc(Cl)cc2Cl)CC1. The van der Waals surface area contributed by atoms with E-state index in [1.165, 1.54) is 6.07 Å². The van der Waals surface area contributed by atoms with Gasteiger partial charge in [0.25, 0.3) is 10.0 Å². The van der Waals surface area contributed by atoms with Gasteiger partial charge in [0, 0.05) is 10.0 Å². The van der Waals surface area contributed by atoms with E-state index >= 15 is 0 Å². The highest BCUT2D eigenvalue weighted by atomic mass is 79.9. The smallest absolute Gasteiger partial charge is 0.273 e. The summed E-state index contributed by atoms with van der Waals surface area (Å²) in [5, 5.41) is 0.826. The second-order valence-corrected chi connectivity index (χ2v) is 10.4. The standard InChI is InChI=1S/C14H10BrCl2NO3S2/c15-11-3-4-12(22-11)23(20,21)18-13(19)14(5-6-14)9-2-1-8(16)7-10(9)17/h1-4,7H,5-6H2,(H,18,19). The summed E-state index contributed by atoms with van der Waals surface area (Å²) in [5.74, 6) is -0.564. The van der Waals surface area contributed by atoms with Gasteiger partial charge in [0.1, 0.15) is 4.21 Å². The number of amides is 1. The first kappa shape index (κ1) is 17.2. The molecule has 1 aliphatic carbocycles. The zero-order chi connectivity index (χ0) is 16.8. The Morgan fingerprint density at radius 2 is 1.91 bits per heavy atom. The van der Waals surface area contributed by atoms with Crippen LogP contribution in [0.15, 0.2) is 38.3 Å². The highest BCUT2D eigenvalue weighted by Crippen LogP contribution is 2.51. The van der Waals surface area contributed by atoms with E-state index < -0.39 is 21.3 Å². The lowest BCUT2D eigenvalue weighted by atomic mass is 9.95. The first-order chi connectivity index (χ1) is 10.7. The van der Waals surface area contributed by atoms with Crippen LogP contribution in [0.5, 0.6) is 0 Å². The van der Waals surface area contributed by atoms with Crippen LogP contribution in [-0.4, -0.2) is 14.3 Å². The van der Waals surface area contributed by atoms with E-state index in [1.807, 2.05) is 0 Å². The molecule has 1 aromatic heterocycles. The van der Waals surface area contributed by atoms with Crippen LogP contribution in [0.1, 0.15) is 18.4 Å². The first-order valence-electron chi connectivity index (χ1n) is 6.53. The van der Waals surface area contributed by atoms with Crippen molar-refractivity contribution in [3.05, 3.63) is 49.7 Å². The number of carbonyl (C=O) groups excluding carboxylic acids is 1. The lowest BCUT2D eigenvalue weighted by Gasteiger charge is -2.17. The second kappa shape index (κ2) is 6.04. The fourth-order valence-corrected chi connectivity index (χ4v) is 5.98. The summed E-state index contributed by atoms with van der Waals surface area (Å²) in [5.41, 5.74) is -0.299. The summed E-state index contributed by atoms with van der Waals surface area (Å²) in [6.07, 6.45) is 1.09. The molecule has 1 aromatic carbocycles. The van der Waals surface area contributed by atoms with Crippen molar-refractivity contribution in [1.29, 1.82) is 0 Å². The largest absolute Gasteiger partial charge is 0.273 e. The van der Waals surface area contributed by atoms with Gasteiger partial charge in [0.2, 0.25) is 5.91 Å². The molecule has 0 spiro atoms. The molecular weight excluding hydrogens is 445 g/mol. The fourth-order valence-electron chi connectivity index (χ4n) is 2.33. The number of nitrogens with one attached hydrogen (secondary N) is 1. The van der Waals surface area contributed by atoms with Crippen LogP contribution in [0.4, 0.5) is 0 Å². The van der Waals surface area contributed by atoms with Crippen LogP contribution in [-0.2, 0) is 20.2 Å². The minimum atomic E-state index is -3.89. The quantitative estimate of drug-likeness (QED) is 0.746. The monoisotopic (exact) mass is 453 g/mol. The molecule has 1 N–H and O–H groups in total. The van der Waals surface area contributed by atoms with Crippen molar-refractivity contribution in [2.24, 2.45) is 0 Å². The predicted molar refractivity (Wildman–Crippen MR) is 94.7 cm³/mol. The summed E-state index contributed by atoms with van der Waals surface area (Å²) in [4.78, 5) is 12.6. The predicted octanol–water partition coefficient (Wildman–Crippen LogP) is 4.35. The van der Waals surface area contributed by atoms with Crippen LogP contribution < -0.4 is 4.72 Å². The molecule has 23 heavy (non-hydrogen) atoms. The molecule has 4 nitrogen and oxygen atoms in total. The maximum absolute atomic E-state index is 12.6. The Bertz CT molecular complexity index is 891. The van der Waals surface area contributed by atoms with Crippen molar-refractivity contribution in [3.8, 4) is 0 Å². The van der Waals surface area contributed by atoms with Gasteiger partial charge in [-0.2, -0.15) is 0 Å². The van der Waals surface area contributed by atoms with Gasteiger partial charge >= 0.3 is 0 Å². The van der Waals surface area contributed by atoms with Gasteiger partial charge < -0.3 is 0 Å². The van der Waals surface area contributed by atoms with Gasteiger partial charge in [-0.15, -0.1) is 11.3 Å². The highest BCUT2D eigenvalue weighted by molar-refractivity contribution is 9.11. The molecule has 0 aliphatic heterocycles. The van der Waals surface area contributed by atoms with E-state index in [4.69, 9.17) is 23.2 Å². The number of hydrogen-bond acceptors (Lipinski definition) is 4. The van der Waals surface area contributed by atoms with Gasteiger partial charge in [-0.1, -0.05) is 29.3 Å². The second-order valence-electron chi connectivity index (χ2n) is 5.20. The summed E-state index contributed by atoms with van der Waals surface area (Å²) in [6.45, 7) is 0. The van der Waals surface area contributed by atoms with Gasteiger partial charge in [0.15, 0.2) is 0 Å². The van der Waals surface area contributed by atoms with E-state index in [2.05, 4.69) is 20.7 Å². The summed E-state index contributed by atoms with van der Waals surface area (Å²) in [7, 11) is -3.89. The third-order valence-corrected chi connectivity index (χ3v) is 7.67. The Hall–Kier alpha value is -0.600. The summed E-state index contributed by atoms with van der Waals surface area (Å²) in [6, 6.07) is 7.93. The number of halogens is 3. The Kier molecular flexibility index (Phi) is 4.52. The molecule has 1 heterocycles. The number of hydrogen-bond donors (Lipinski definition) is 1. The van der Waals surface area contributed by atoms with Gasteiger partial charge in [-0.25, -0.2) is 13.1 Å². The molecule has 1 fully saturated rings. The van der Waals surface area contributed by atoms with E-state index in [0.29, 0.717) is 32.2 Å². The molecule has 122 valence electrons. The van der Waals surface area contributed by atoms with Crippen molar-refractivity contribution in [2.75, 3.05) is 0 Å². The molecule has 0 unspecified atom stereocenters. The number of carbonyl (C=O) groups is 1. The van der Waals surface area contributed by atoms with Gasteiger partial charge in [-0.3, -0.25) is 4.79 Å². The molecule has 2 aromatic rings. The normalized spacial score (nSPS) is 16.1. The van der Waals surface area contributed by atoms with E-state index in [0.717, 1.165) is 11.3 Å². The lowest BCUT2D eigenvalue weighted by Crippen LogP contribution is -2.38. The number of rotatable bonds is 4. The van der Waals surface area contributed by atoms with Crippen molar-refractivity contribution >= 4 is 66.4 Å². The van der Waals surface area contributed by atoms with E-state index in [1.54, 1.807) is 24.3 Å². The first-order valence-corrected chi connectivity index (χ1v) is 10.4. The minimum absolute atomic E-state index is 0.0794. The zero-order valence-corrected chi connectivity index (χ0v) is 16.2. The lowest BCUT2D eigenvalue weighted by molar-refractivity contribution is -0.121. The molecular formula is C14H10BrCl2NO3S2. The highest BCUT2D eigenvalue weighted by Gasteiger charge is 2.53. The average Bonchev–Trinajstić information content (AvgIpc) is 3.13. The Morgan fingerprint density at radius 3 is 2.43 bits per heavy atom. The van der Waals surface area contributed by atoms with Crippen LogP contribution in [0.3, 0.4) is 0 Å². The molecule has 3 rings (SSSR count). The molecule has 1 amide bonds.